The Hall–Kier alpha value is -1.02. The molecule has 0 amide bonds. The lowest BCUT2D eigenvalue weighted by molar-refractivity contribution is -0.123. The second-order valence-corrected chi connectivity index (χ2v) is 8.54. The van der Waals surface area contributed by atoms with E-state index in [2.05, 4.69) is 58.9 Å². The maximum absolute atomic E-state index is 6.13. The van der Waals surface area contributed by atoms with Gasteiger partial charge in [0.2, 0.25) is 0 Å². The second-order valence-electron chi connectivity index (χ2n) is 8.54. The van der Waals surface area contributed by atoms with E-state index in [1.165, 1.54) is 18.4 Å². The molecule has 0 bridgehead atoms. The Kier molecular flexibility index (Phi) is 6.74. The van der Waals surface area contributed by atoms with E-state index in [1.807, 2.05) is 6.92 Å². The number of hydrogen-bond donors (Lipinski definition) is 0. The monoisotopic (exact) mass is 332 g/mol. The molecule has 1 aliphatic rings. The van der Waals surface area contributed by atoms with Gasteiger partial charge in [0, 0.05) is 0 Å². The molecule has 0 radical (unpaired) electrons. The highest BCUT2D eigenvalue weighted by Crippen LogP contribution is 2.38. The van der Waals surface area contributed by atoms with Gasteiger partial charge < -0.3 is 9.47 Å². The van der Waals surface area contributed by atoms with E-state index in [0.717, 1.165) is 30.9 Å². The lowest BCUT2D eigenvalue weighted by Crippen LogP contribution is -2.32. The molecule has 2 nitrogen and oxygen atoms in total. The van der Waals surface area contributed by atoms with Gasteiger partial charge in [0.05, 0.1) is 6.10 Å². The number of rotatable bonds is 6. The lowest BCUT2D eigenvalue weighted by Gasteiger charge is -2.37. The highest BCUT2D eigenvalue weighted by Gasteiger charge is 2.30. The molecule has 0 N–H and O–H groups in total. The first-order valence-electron chi connectivity index (χ1n) is 9.71. The minimum absolute atomic E-state index is 0.185. The van der Waals surface area contributed by atoms with Crippen molar-refractivity contribution in [3.8, 4) is 5.75 Å². The van der Waals surface area contributed by atoms with Gasteiger partial charge in [-0.2, -0.15) is 0 Å². The first-order valence-corrected chi connectivity index (χ1v) is 9.71. The smallest absolute Gasteiger partial charge is 0.197 e. The van der Waals surface area contributed by atoms with Crippen LogP contribution in [0.25, 0.3) is 0 Å². The van der Waals surface area contributed by atoms with Crippen LogP contribution in [0.5, 0.6) is 5.75 Å². The zero-order chi connectivity index (χ0) is 17.7. The first kappa shape index (κ1) is 19.3. The average molecular weight is 333 g/mol. The van der Waals surface area contributed by atoms with Crippen molar-refractivity contribution in [2.45, 2.75) is 92.0 Å². The first-order chi connectivity index (χ1) is 11.3. The van der Waals surface area contributed by atoms with Gasteiger partial charge in [-0.3, -0.25) is 0 Å². The predicted molar refractivity (Wildman–Crippen MR) is 102 cm³/mol. The van der Waals surface area contributed by atoms with Gasteiger partial charge in [-0.15, -0.1) is 0 Å². The highest BCUT2D eigenvalue weighted by atomic mass is 16.7. The summed E-state index contributed by atoms with van der Waals surface area (Å²) in [6, 6.07) is 8.48. The highest BCUT2D eigenvalue weighted by molar-refractivity contribution is 5.29. The Morgan fingerprint density at radius 1 is 1.00 bits per heavy atom. The summed E-state index contributed by atoms with van der Waals surface area (Å²) in [5.41, 5.74) is 1.80. The summed E-state index contributed by atoms with van der Waals surface area (Å²) in [5, 5.41) is 0. The van der Waals surface area contributed by atoms with E-state index in [1.54, 1.807) is 0 Å². The van der Waals surface area contributed by atoms with Crippen LogP contribution in [0.4, 0.5) is 0 Å². The van der Waals surface area contributed by atoms with Crippen molar-refractivity contribution >= 4 is 0 Å². The van der Waals surface area contributed by atoms with Crippen molar-refractivity contribution in [2.24, 2.45) is 11.3 Å². The van der Waals surface area contributed by atoms with Crippen LogP contribution in [0, 0.1) is 11.3 Å². The van der Waals surface area contributed by atoms with E-state index < -0.39 is 0 Å². The lowest BCUT2D eigenvalue weighted by atomic mass is 9.72. The van der Waals surface area contributed by atoms with Crippen molar-refractivity contribution < 1.29 is 9.47 Å². The Balaban J connectivity index is 1.78. The molecule has 2 heteroatoms. The normalized spacial score (nSPS) is 24.4. The zero-order valence-corrected chi connectivity index (χ0v) is 16.5. The minimum Gasteiger partial charge on any atom is -0.465 e. The molecule has 2 rings (SSSR count). The summed E-state index contributed by atoms with van der Waals surface area (Å²) in [6.45, 7) is 13.6. The molecule has 0 heterocycles. The molecule has 1 aliphatic carbocycles. The largest absolute Gasteiger partial charge is 0.465 e. The molecule has 24 heavy (non-hydrogen) atoms. The Bertz CT molecular complexity index is 478. The van der Waals surface area contributed by atoms with Gasteiger partial charge in [-0.25, -0.2) is 0 Å². The molecule has 1 aromatic carbocycles. The second kappa shape index (κ2) is 8.38. The molecule has 0 saturated heterocycles. The van der Waals surface area contributed by atoms with Crippen LogP contribution in [0.2, 0.25) is 0 Å². The van der Waals surface area contributed by atoms with Crippen molar-refractivity contribution in [1.29, 1.82) is 0 Å². The summed E-state index contributed by atoms with van der Waals surface area (Å²) in [5.74, 6) is 2.32. The Morgan fingerprint density at radius 3 is 2.08 bits per heavy atom. The van der Waals surface area contributed by atoms with Gasteiger partial charge in [-0.1, -0.05) is 46.8 Å². The minimum atomic E-state index is -0.185. The zero-order valence-electron chi connectivity index (χ0n) is 16.5. The molecule has 2 atom stereocenters. The van der Waals surface area contributed by atoms with Gasteiger partial charge >= 0.3 is 0 Å². The van der Waals surface area contributed by atoms with Gasteiger partial charge in [-0.05, 0) is 74.0 Å². The standard InChI is InChI=1S/C22H36O2/c1-7-16(2)18-8-12-20(13-9-18)23-17(3)24-21-14-10-19(11-15-21)22(4,5)6/h8-9,12-13,16-17,19,21H,7,10-11,14-15H2,1-6H3. The molecule has 0 spiro atoms. The summed E-state index contributed by atoms with van der Waals surface area (Å²) in [6.07, 6.45) is 6.17. The number of benzene rings is 1. The summed E-state index contributed by atoms with van der Waals surface area (Å²) < 4.78 is 12.1. The fourth-order valence-electron chi connectivity index (χ4n) is 3.67. The molecule has 0 aromatic heterocycles. The molecule has 136 valence electrons. The van der Waals surface area contributed by atoms with Crippen LogP contribution in [0.15, 0.2) is 24.3 Å². The van der Waals surface area contributed by atoms with E-state index in [4.69, 9.17) is 9.47 Å². The fraction of sp³-hybridized carbons (Fsp3) is 0.727. The van der Waals surface area contributed by atoms with Crippen molar-refractivity contribution in [3.63, 3.8) is 0 Å². The third kappa shape index (κ3) is 5.51. The third-order valence-corrected chi connectivity index (χ3v) is 5.65. The van der Waals surface area contributed by atoms with E-state index >= 15 is 0 Å². The Labute approximate surface area is 148 Å². The predicted octanol–water partition coefficient (Wildman–Crippen LogP) is 6.55. The third-order valence-electron chi connectivity index (χ3n) is 5.65. The average Bonchev–Trinajstić information content (AvgIpc) is 2.54. The maximum atomic E-state index is 6.13. The van der Waals surface area contributed by atoms with E-state index in [0.29, 0.717) is 17.4 Å². The summed E-state index contributed by atoms with van der Waals surface area (Å²) in [4.78, 5) is 0. The molecule has 2 unspecified atom stereocenters. The van der Waals surface area contributed by atoms with Gasteiger partial charge in [0.1, 0.15) is 5.75 Å². The molecule has 1 saturated carbocycles. The van der Waals surface area contributed by atoms with Crippen LogP contribution in [0.1, 0.15) is 85.1 Å². The van der Waals surface area contributed by atoms with Crippen LogP contribution >= 0.6 is 0 Å². The van der Waals surface area contributed by atoms with Crippen molar-refractivity contribution in [3.05, 3.63) is 29.8 Å². The van der Waals surface area contributed by atoms with Gasteiger partial charge in [0.15, 0.2) is 6.29 Å². The van der Waals surface area contributed by atoms with E-state index in [9.17, 15) is 0 Å². The topological polar surface area (TPSA) is 18.5 Å². The van der Waals surface area contributed by atoms with Crippen molar-refractivity contribution in [2.75, 3.05) is 0 Å². The molecule has 0 aliphatic heterocycles. The Morgan fingerprint density at radius 2 is 1.58 bits per heavy atom. The van der Waals surface area contributed by atoms with Crippen LogP contribution in [-0.2, 0) is 4.74 Å². The SMILES string of the molecule is CCC(C)c1ccc(OC(C)OC2CCC(C(C)(C)C)CC2)cc1. The summed E-state index contributed by atoms with van der Waals surface area (Å²) >= 11 is 0. The molecular formula is C22H36O2. The maximum Gasteiger partial charge on any atom is 0.197 e. The van der Waals surface area contributed by atoms with Crippen LogP contribution in [-0.4, -0.2) is 12.4 Å². The van der Waals surface area contributed by atoms with Crippen LogP contribution < -0.4 is 4.74 Å². The molecule has 1 fully saturated rings. The molecule has 1 aromatic rings. The van der Waals surface area contributed by atoms with Crippen LogP contribution in [0.3, 0.4) is 0 Å². The fourth-order valence-corrected chi connectivity index (χ4v) is 3.67. The van der Waals surface area contributed by atoms with E-state index in [-0.39, 0.29) is 6.29 Å². The number of hydrogen-bond acceptors (Lipinski definition) is 2. The quantitative estimate of drug-likeness (QED) is 0.550. The van der Waals surface area contributed by atoms with Gasteiger partial charge in [0.25, 0.3) is 0 Å². The summed E-state index contributed by atoms with van der Waals surface area (Å²) in [7, 11) is 0. The number of ether oxygens (including phenoxy) is 2. The molecular weight excluding hydrogens is 296 g/mol. The van der Waals surface area contributed by atoms with Crippen molar-refractivity contribution in [1.82, 2.24) is 0 Å².